The molecule has 0 saturated heterocycles. The van der Waals surface area contributed by atoms with E-state index in [2.05, 4.69) is 15.3 Å². The van der Waals surface area contributed by atoms with Gasteiger partial charge in [0.15, 0.2) is 0 Å². The molecule has 6 heteroatoms. The van der Waals surface area contributed by atoms with Crippen LogP contribution >= 0.6 is 0 Å². The summed E-state index contributed by atoms with van der Waals surface area (Å²) >= 11 is 0. The minimum absolute atomic E-state index is 0.355. The highest BCUT2D eigenvalue weighted by Gasteiger charge is 2.10. The number of furan rings is 1. The van der Waals surface area contributed by atoms with Gasteiger partial charge in [0, 0.05) is 18.9 Å². The lowest BCUT2D eigenvalue weighted by molar-refractivity contribution is 0.0953. The van der Waals surface area contributed by atoms with Crippen molar-refractivity contribution in [1.29, 1.82) is 0 Å². The van der Waals surface area contributed by atoms with Crippen LogP contribution in [0.4, 0.5) is 0 Å². The average molecular weight is 260 g/mol. The number of hydrogen-bond acceptors (Lipinski definition) is 5. The summed E-state index contributed by atoms with van der Waals surface area (Å²) in [5, 5.41) is 0. The van der Waals surface area contributed by atoms with E-state index in [1.165, 1.54) is 11.8 Å². The van der Waals surface area contributed by atoms with Gasteiger partial charge in [-0.1, -0.05) is 0 Å². The maximum atomic E-state index is 11.3. The van der Waals surface area contributed by atoms with Gasteiger partial charge in [0.1, 0.15) is 12.0 Å². The summed E-state index contributed by atoms with van der Waals surface area (Å²) in [6.07, 6.45) is 4.93. The molecule has 2 rings (SSSR count). The fourth-order valence-corrected chi connectivity index (χ4v) is 1.79. The van der Waals surface area contributed by atoms with Crippen LogP contribution in [0.2, 0.25) is 0 Å². The van der Waals surface area contributed by atoms with Gasteiger partial charge in [-0.25, -0.2) is 5.84 Å². The van der Waals surface area contributed by atoms with Crippen molar-refractivity contribution in [1.82, 2.24) is 15.3 Å². The molecule has 2 aromatic rings. The van der Waals surface area contributed by atoms with Crippen molar-refractivity contribution in [3.8, 4) is 0 Å². The number of carbonyl (C=O) groups excluding carboxylic acids is 1. The first-order chi connectivity index (χ1) is 9.19. The highest BCUT2D eigenvalue weighted by Crippen LogP contribution is 2.11. The summed E-state index contributed by atoms with van der Waals surface area (Å²) in [5.74, 6) is 5.42. The van der Waals surface area contributed by atoms with Crippen molar-refractivity contribution in [2.45, 2.75) is 13.1 Å². The molecule has 0 unspecified atom stereocenters. The van der Waals surface area contributed by atoms with E-state index in [4.69, 9.17) is 10.3 Å². The van der Waals surface area contributed by atoms with Gasteiger partial charge in [-0.2, -0.15) is 0 Å². The van der Waals surface area contributed by atoms with Gasteiger partial charge < -0.3 is 4.42 Å². The molecular weight excluding hydrogens is 244 g/mol. The lowest BCUT2D eigenvalue weighted by Crippen LogP contribution is -2.29. The quantitative estimate of drug-likeness (QED) is 0.474. The zero-order valence-corrected chi connectivity index (χ0v) is 10.7. The Morgan fingerprint density at radius 2 is 2.16 bits per heavy atom. The highest BCUT2D eigenvalue weighted by atomic mass is 16.3. The molecule has 6 nitrogen and oxygen atoms in total. The molecule has 2 aromatic heterocycles. The number of nitrogens with zero attached hydrogens (tertiary/aromatic N) is 2. The second-order valence-corrected chi connectivity index (χ2v) is 4.30. The van der Waals surface area contributed by atoms with Crippen LogP contribution in [0.1, 0.15) is 21.7 Å². The number of nitrogens with two attached hydrogens (primary N) is 1. The van der Waals surface area contributed by atoms with Crippen LogP contribution in [0.3, 0.4) is 0 Å². The molecule has 0 aliphatic carbocycles. The lowest BCUT2D eigenvalue weighted by atomic mass is 10.2. The van der Waals surface area contributed by atoms with E-state index in [0.717, 1.165) is 12.3 Å². The first-order valence-electron chi connectivity index (χ1n) is 5.85. The fourth-order valence-electron chi connectivity index (χ4n) is 1.79. The molecule has 0 bridgehead atoms. The summed E-state index contributed by atoms with van der Waals surface area (Å²) in [4.78, 5) is 17.3. The number of rotatable bonds is 5. The predicted molar refractivity (Wildman–Crippen MR) is 69.8 cm³/mol. The van der Waals surface area contributed by atoms with E-state index < -0.39 is 0 Å². The normalized spacial score (nSPS) is 10.7. The number of aromatic nitrogens is 1. The van der Waals surface area contributed by atoms with Crippen molar-refractivity contribution < 1.29 is 9.21 Å². The Kier molecular flexibility index (Phi) is 4.27. The number of hydrazine groups is 1. The largest absolute Gasteiger partial charge is 0.467 e. The molecule has 0 aliphatic rings. The van der Waals surface area contributed by atoms with Crippen molar-refractivity contribution in [3.63, 3.8) is 0 Å². The highest BCUT2D eigenvalue weighted by molar-refractivity contribution is 5.93. The molecule has 19 heavy (non-hydrogen) atoms. The van der Waals surface area contributed by atoms with E-state index in [1.54, 1.807) is 18.5 Å². The molecule has 0 atom stereocenters. The Bertz CT molecular complexity index is 539. The number of hydrogen-bond donors (Lipinski definition) is 2. The minimum atomic E-state index is -0.355. The van der Waals surface area contributed by atoms with Crippen molar-refractivity contribution in [2.75, 3.05) is 7.05 Å². The minimum Gasteiger partial charge on any atom is -0.467 e. The molecule has 2 heterocycles. The Balaban J connectivity index is 1.94. The van der Waals surface area contributed by atoms with Crippen molar-refractivity contribution >= 4 is 5.91 Å². The third-order valence-electron chi connectivity index (χ3n) is 2.67. The summed E-state index contributed by atoms with van der Waals surface area (Å²) < 4.78 is 5.33. The number of carbonyl (C=O) groups is 1. The van der Waals surface area contributed by atoms with Gasteiger partial charge in [0.2, 0.25) is 0 Å². The number of amides is 1. The van der Waals surface area contributed by atoms with E-state index in [0.29, 0.717) is 12.1 Å². The van der Waals surface area contributed by atoms with Gasteiger partial charge in [0.25, 0.3) is 5.91 Å². The van der Waals surface area contributed by atoms with Crippen molar-refractivity contribution in [3.05, 3.63) is 53.7 Å². The summed E-state index contributed by atoms with van der Waals surface area (Å²) in [5.41, 5.74) is 3.66. The Morgan fingerprint density at radius 3 is 2.84 bits per heavy atom. The van der Waals surface area contributed by atoms with E-state index in [9.17, 15) is 4.79 Å². The molecule has 0 fully saturated rings. The van der Waals surface area contributed by atoms with Gasteiger partial charge in [-0.3, -0.25) is 20.1 Å². The van der Waals surface area contributed by atoms with E-state index >= 15 is 0 Å². The third-order valence-corrected chi connectivity index (χ3v) is 2.67. The van der Waals surface area contributed by atoms with Gasteiger partial charge in [-0.15, -0.1) is 0 Å². The molecule has 0 saturated carbocycles. The molecule has 1 amide bonds. The van der Waals surface area contributed by atoms with Crippen molar-refractivity contribution in [2.24, 2.45) is 5.84 Å². The van der Waals surface area contributed by atoms with Crippen LogP contribution in [0.5, 0.6) is 0 Å². The van der Waals surface area contributed by atoms with Gasteiger partial charge in [0.05, 0.1) is 12.1 Å². The number of nitrogens with one attached hydrogen (secondary N) is 1. The molecule has 0 aliphatic heterocycles. The summed E-state index contributed by atoms with van der Waals surface area (Å²) in [6.45, 7) is 1.39. The molecule has 0 aromatic carbocycles. The molecular formula is C13H16N4O2. The van der Waals surface area contributed by atoms with Gasteiger partial charge >= 0.3 is 0 Å². The number of pyridine rings is 1. The average Bonchev–Trinajstić information content (AvgIpc) is 2.87. The monoisotopic (exact) mass is 260 g/mol. The van der Waals surface area contributed by atoms with Crippen LogP contribution in [-0.2, 0) is 13.1 Å². The topological polar surface area (TPSA) is 84.4 Å². The van der Waals surface area contributed by atoms with E-state index in [-0.39, 0.29) is 5.91 Å². The first kappa shape index (κ1) is 13.3. The van der Waals surface area contributed by atoms with E-state index in [1.807, 2.05) is 19.2 Å². The molecule has 0 spiro atoms. The Morgan fingerprint density at radius 1 is 1.42 bits per heavy atom. The zero-order valence-electron chi connectivity index (χ0n) is 10.7. The predicted octanol–water partition coefficient (Wildman–Crippen LogP) is 0.910. The summed E-state index contributed by atoms with van der Waals surface area (Å²) in [6, 6.07) is 5.61. The first-order valence-corrected chi connectivity index (χ1v) is 5.85. The molecule has 3 N–H and O–H groups in total. The Hall–Kier alpha value is -2.18. The molecule has 100 valence electrons. The maximum absolute atomic E-state index is 11.3. The smallest absolute Gasteiger partial charge is 0.268 e. The fraction of sp³-hybridized carbons (Fsp3) is 0.231. The van der Waals surface area contributed by atoms with Crippen LogP contribution in [-0.4, -0.2) is 22.8 Å². The maximum Gasteiger partial charge on any atom is 0.268 e. The Labute approximate surface area is 111 Å². The molecule has 0 radical (unpaired) electrons. The van der Waals surface area contributed by atoms with Crippen LogP contribution in [0.15, 0.2) is 41.3 Å². The zero-order chi connectivity index (χ0) is 13.7. The van der Waals surface area contributed by atoms with Crippen LogP contribution in [0.25, 0.3) is 0 Å². The SMILES string of the molecule is CN(Cc1ccncc1)Cc1cc(C(=O)NN)co1. The standard InChI is InChI=1S/C13H16N4O2/c1-17(7-10-2-4-15-5-3-10)8-12-6-11(9-19-12)13(18)16-14/h2-6,9H,7-8,14H2,1H3,(H,16,18). The lowest BCUT2D eigenvalue weighted by Gasteiger charge is -2.14. The van der Waals surface area contributed by atoms with Crippen LogP contribution < -0.4 is 11.3 Å². The second kappa shape index (κ2) is 6.12. The summed E-state index contributed by atoms with van der Waals surface area (Å²) in [7, 11) is 1.98. The second-order valence-electron chi connectivity index (χ2n) is 4.30. The van der Waals surface area contributed by atoms with Gasteiger partial charge in [-0.05, 0) is 30.8 Å². The third kappa shape index (κ3) is 3.64. The number of nitrogen functional groups attached to an aromatic ring is 1. The van der Waals surface area contributed by atoms with Crippen LogP contribution in [0, 0.1) is 0 Å².